The normalized spacial score (nSPS) is 14.7. The minimum absolute atomic E-state index is 0.0378. The molecule has 1 amide bonds. The lowest BCUT2D eigenvalue weighted by Crippen LogP contribution is -2.40. The summed E-state index contributed by atoms with van der Waals surface area (Å²) in [5, 5.41) is 3.05. The number of carbonyl (C=O) groups is 1. The molecule has 1 aromatic heterocycles. The fourth-order valence-electron chi connectivity index (χ4n) is 2.22. The number of anilines is 2. The highest BCUT2D eigenvalue weighted by Gasteiger charge is 2.18. The summed E-state index contributed by atoms with van der Waals surface area (Å²) < 4.78 is 18.1. The molecule has 0 unspecified atom stereocenters. The Balaban J connectivity index is 1.66. The minimum Gasteiger partial charge on any atom is -0.378 e. The molecule has 1 aliphatic heterocycles. The molecule has 1 aromatic carbocycles. The number of benzene rings is 1. The van der Waals surface area contributed by atoms with Crippen molar-refractivity contribution in [3.8, 4) is 0 Å². The van der Waals surface area contributed by atoms with Crippen molar-refractivity contribution in [2.24, 2.45) is 0 Å². The van der Waals surface area contributed by atoms with Crippen LogP contribution in [0.3, 0.4) is 0 Å². The number of rotatable bonds is 3. The summed E-state index contributed by atoms with van der Waals surface area (Å²) in [4.78, 5) is 18.3. The fourth-order valence-corrected chi connectivity index (χ4v) is 2.22. The Morgan fingerprint density at radius 3 is 2.50 bits per heavy atom. The Kier molecular flexibility index (Phi) is 4.29. The second kappa shape index (κ2) is 6.53. The topological polar surface area (TPSA) is 54.5 Å². The maximum atomic E-state index is 12.8. The van der Waals surface area contributed by atoms with Gasteiger partial charge in [-0.15, -0.1) is 0 Å². The maximum Gasteiger partial charge on any atom is 0.255 e. The molecular formula is C16H16FN3O2. The number of nitrogens with one attached hydrogen (secondary N) is 1. The number of aromatic nitrogens is 1. The van der Waals surface area contributed by atoms with Crippen molar-refractivity contribution < 1.29 is 13.9 Å². The molecule has 6 heteroatoms. The summed E-state index contributed by atoms with van der Waals surface area (Å²) in [5.74, 6) is 0.277. The molecule has 0 atom stereocenters. The highest BCUT2D eigenvalue weighted by atomic mass is 19.1. The molecule has 0 spiro atoms. The number of nitrogens with zero attached hydrogens (tertiary/aromatic N) is 2. The standard InChI is InChI=1S/C16H16FN3O2/c17-13-2-4-14(5-3-13)19-15-6-1-12(11-18-15)16(21)20-7-9-22-10-8-20/h1-6,11H,7-10H2,(H,18,19). The molecule has 3 rings (SSSR count). The van der Waals surface area contributed by atoms with Crippen molar-refractivity contribution in [3.63, 3.8) is 0 Å². The molecular weight excluding hydrogens is 285 g/mol. The van der Waals surface area contributed by atoms with Crippen molar-refractivity contribution in [1.82, 2.24) is 9.88 Å². The lowest BCUT2D eigenvalue weighted by Gasteiger charge is -2.26. The zero-order valence-electron chi connectivity index (χ0n) is 12.0. The molecule has 1 saturated heterocycles. The molecule has 5 nitrogen and oxygen atoms in total. The van der Waals surface area contributed by atoms with Crippen molar-refractivity contribution in [2.75, 3.05) is 31.6 Å². The summed E-state index contributed by atoms with van der Waals surface area (Å²) in [7, 11) is 0. The van der Waals surface area contributed by atoms with Crippen LogP contribution in [0.25, 0.3) is 0 Å². The van der Waals surface area contributed by atoms with E-state index in [-0.39, 0.29) is 11.7 Å². The number of hydrogen-bond acceptors (Lipinski definition) is 4. The smallest absolute Gasteiger partial charge is 0.255 e. The first-order valence-corrected chi connectivity index (χ1v) is 7.08. The van der Waals surface area contributed by atoms with Gasteiger partial charge in [0.05, 0.1) is 18.8 Å². The number of amides is 1. The third-order valence-corrected chi connectivity index (χ3v) is 3.43. The molecule has 1 aliphatic rings. The molecule has 2 aromatic rings. The van der Waals surface area contributed by atoms with Crippen molar-refractivity contribution in [3.05, 3.63) is 54.0 Å². The van der Waals surface area contributed by atoms with Crippen molar-refractivity contribution >= 4 is 17.4 Å². The summed E-state index contributed by atoms with van der Waals surface area (Å²) in [6.45, 7) is 2.36. The van der Waals surface area contributed by atoms with Gasteiger partial charge in [-0.25, -0.2) is 9.37 Å². The van der Waals surface area contributed by atoms with Crippen LogP contribution in [-0.2, 0) is 4.74 Å². The van der Waals surface area contributed by atoms with E-state index < -0.39 is 0 Å². The number of carbonyl (C=O) groups excluding carboxylic acids is 1. The summed E-state index contributed by atoms with van der Waals surface area (Å²) in [6.07, 6.45) is 1.55. The van der Waals surface area contributed by atoms with Gasteiger partial charge in [0.2, 0.25) is 0 Å². The number of pyridine rings is 1. The molecule has 2 heterocycles. The lowest BCUT2D eigenvalue weighted by molar-refractivity contribution is 0.0302. The van der Waals surface area contributed by atoms with E-state index in [1.807, 2.05) is 0 Å². The maximum absolute atomic E-state index is 12.8. The lowest BCUT2D eigenvalue weighted by atomic mass is 10.2. The fraction of sp³-hybridized carbons (Fsp3) is 0.250. The van der Waals surface area contributed by atoms with Gasteiger partial charge < -0.3 is 15.0 Å². The molecule has 22 heavy (non-hydrogen) atoms. The molecule has 114 valence electrons. The Bertz CT molecular complexity index is 637. The Morgan fingerprint density at radius 2 is 1.86 bits per heavy atom. The first-order chi connectivity index (χ1) is 10.7. The number of halogens is 1. The Labute approximate surface area is 127 Å². The van der Waals surface area contributed by atoms with Gasteiger partial charge in [-0.05, 0) is 36.4 Å². The molecule has 0 saturated carbocycles. The van der Waals surface area contributed by atoms with E-state index in [1.54, 1.807) is 35.4 Å². The summed E-state index contributed by atoms with van der Waals surface area (Å²) in [6, 6.07) is 9.47. The highest BCUT2D eigenvalue weighted by molar-refractivity contribution is 5.94. The van der Waals surface area contributed by atoms with Crippen LogP contribution in [-0.4, -0.2) is 42.1 Å². The van der Waals surface area contributed by atoms with Crippen LogP contribution in [0.1, 0.15) is 10.4 Å². The summed E-state index contributed by atoms with van der Waals surface area (Å²) >= 11 is 0. The van der Waals surface area contributed by atoms with Crippen molar-refractivity contribution in [2.45, 2.75) is 0 Å². The summed E-state index contributed by atoms with van der Waals surface area (Å²) in [5.41, 5.74) is 1.28. The zero-order chi connectivity index (χ0) is 15.4. The van der Waals surface area contributed by atoms with Crippen LogP contribution in [0.2, 0.25) is 0 Å². The van der Waals surface area contributed by atoms with Gasteiger partial charge in [0.15, 0.2) is 0 Å². The van der Waals surface area contributed by atoms with Gasteiger partial charge in [-0.3, -0.25) is 4.79 Å². The van der Waals surface area contributed by atoms with Crippen LogP contribution in [0.5, 0.6) is 0 Å². The van der Waals surface area contributed by atoms with E-state index >= 15 is 0 Å². The van der Waals surface area contributed by atoms with Gasteiger partial charge in [0, 0.05) is 25.0 Å². The van der Waals surface area contributed by atoms with Crippen LogP contribution < -0.4 is 5.32 Å². The molecule has 0 bridgehead atoms. The largest absolute Gasteiger partial charge is 0.378 e. The van der Waals surface area contributed by atoms with Gasteiger partial charge in [-0.2, -0.15) is 0 Å². The average molecular weight is 301 g/mol. The van der Waals surface area contributed by atoms with Crippen LogP contribution in [0.15, 0.2) is 42.6 Å². The van der Waals surface area contributed by atoms with E-state index in [9.17, 15) is 9.18 Å². The number of morpholine rings is 1. The van der Waals surface area contributed by atoms with Gasteiger partial charge in [-0.1, -0.05) is 0 Å². The van der Waals surface area contributed by atoms with Gasteiger partial charge in [0.25, 0.3) is 5.91 Å². The van der Waals surface area contributed by atoms with E-state index in [0.29, 0.717) is 37.7 Å². The van der Waals surface area contributed by atoms with E-state index in [4.69, 9.17) is 4.74 Å². The monoisotopic (exact) mass is 301 g/mol. The predicted octanol–water partition coefficient (Wildman–Crippen LogP) is 2.44. The average Bonchev–Trinajstić information content (AvgIpc) is 2.58. The first kappa shape index (κ1) is 14.5. The third kappa shape index (κ3) is 3.40. The van der Waals surface area contributed by atoms with E-state index in [2.05, 4.69) is 10.3 Å². The van der Waals surface area contributed by atoms with Crippen molar-refractivity contribution in [1.29, 1.82) is 0 Å². The Morgan fingerprint density at radius 1 is 1.14 bits per heavy atom. The van der Waals surface area contributed by atoms with Gasteiger partial charge in [0.1, 0.15) is 11.6 Å². The van der Waals surface area contributed by atoms with Gasteiger partial charge >= 0.3 is 0 Å². The highest BCUT2D eigenvalue weighted by Crippen LogP contribution is 2.16. The minimum atomic E-state index is -0.287. The quantitative estimate of drug-likeness (QED) is 0.946. The van der Waals surface area contributed by atoms with E-state index in [0.717, 1.165) is 5.69 Å². The van der Waals surface area contributed by atoms with Crippen LogP contribution in [0.4, 0.5) is 15.9 Å². The predicted molar refractivity (Wildman–Crippen MR) is 80.6 cm³/mol. The first-order valence-electron chi connectivity index (χ1n) is 7.08. The second-order valence-electron chi connectivity index (χ2n) is 4.97. The van der Waals surface area contributed by atoms with Crippen LogP contribution in [0, 0.1) is 5.82 Å². The Hall–Kier alpha value is -2.47. The molecule has 0 aliphatic carbocycles. The third-order valence-electron chi connectivity index (χ3n) is 3.43. The number of ether oxygens (including phenoxy) is 1. The molecule has 1 N–H and O–H groups in total. The van der Waals surface area contributed by atoms with Crippen LogP contribution >= 0.6 is 0 Å². The molecule has 1 fully saturated rings. The van der Waals surface area contributed by atoms with E-state index in [1.165, 1.54) is 12.1 Å². The zero-order valence-corrected chi connectivity index (χ0v) is 12.0. The second-order valence-corrected chi connectivity index (χ2v) is 4.97. The molecule has 0 radical (unpaired) electrons. The SMILES string of the molecule is O=C(c1ccc(Nc2ccc(F)cc2)nc1)N1CCOCC1. The number of hydrogen-bond donors (Lipinski definition) is 1.